The molecule has 2 aliphatic carbocycles. The SMILES string of the molecule is O=C(C1CC=CC1)N1CCCC1Cn1nc2c(cc1=O)CCCC2. The summed E-state index contributed by atoms with van der Waals surface area (Å²) in [7, 11) is 0. The van der Waals surface area contributed by atoms with Gasteiger partial charge in [-0.15, -0.1) is 0 Å². The third-order valence-electron chi connectivity index (χ3n) is 5.67. The van der Waals surface area contributed by atoms with Gasteiger partial charge in [0.2, 0.25) is 5.91 Å². The molecule has 0 N–H and O–H groups in total. The zero-order chi connectivity index (χ0) is 16.5. The Bertz CT molecular complexity index is 714. The molecule has 1 aliphatic heterocycles. The lowest BCUT2D eigenvalue weighted by Gasteiger charge is -2.28. The molecule has 128 valence electrons. The van der Waals surface area contributed by atoms with Crippen LogP contribution in [0.25, 0.3) is 0 Å². The lowest BCUT2D eigenvalue weighted by molar-refractivity contribution is -0.136. The molecule has 1 fully saturated rings. The third-order valence-corrected chi connectivity index (χ3v) is 5.67. The van der Waals surface area contributed by atoms with Crippen LogP contribution in [0.4, 0.5) is 0 Å². The lowest BCUT2D eigenvalue weighted by Crippen LogP contribution is -2.43. The van der Waals surface area contributed by atoms with Gasteiger partial charge in [0.1, 0.15) is 0 Å². The van der Waals surface area contributed by atoms with Gasteiger partial charge in [-0.2, -0.15) is 5.10 Å². The van der Waals surface area contributed by atoms with E-state index in [0.29, 0.717) is 6.54 Å². The minimum Gasteiger partial charge on any atom is -0.338 e. The van der Waals surface area contributed by atoms with E-state index in [1.807, 2.05) is 4.90 Å². The van der Waals surface area contributed by atoms with Crippen molar-refractivity contribution in [3.8, 4) is 0 Å². The van der Waals surface area contributed by atoms with Gasteiger partial charge in [0.25, 0.3) is 5.56 Å². The standard InChI is InChI=1S/C19H25N3O2/c23-18-12-15-8-3-4-10-17(15)20-22(18)13-16-9-5-11-21(16)19(24)14-6-1-2-7-14/h1-2,12,14,16H,3-11,13H2. The number of hydrogen-bond acceptors (Lipinski definition) is 3. The normalized spacial score (nSPS) is 23.7. The summed E-state index contributed by atoms with van der Waals surface area (Å²) in [4.78, 5) is 27.1. The second kappa shape index (κ2) is 6.54. The summed E-state index contributed by atoms with van der Waals surface area (Å²) in [5.41, 5.74) is 2.19. The molecule has 0 radical (unpaired) electrons. The summed E-state index contributed by atoms with van der Waals surface area (Å²) in [6.45, 7) is 1.36. The van der Waals surface area contributed by atoms with Crippen LogP contribution in [0.15, 0.2) is 23.0 Å². The number of aryl methyl sites for hydroxylation is 2. The lowest BCUT2D eigenvalue weighted by atomic mass is 9.97. The predicted molar refractivity (Wildman–Crippen MR) is 91.7 cm³/mol. The van der Waals surface area contributed by atoms with Gasteiger partial charge in [-0.25, -0.2) is 4.68 Å². The maximum absolute atomic E-state index is 12.7. The summed E-state index contributed by atoms with van der Waals surface area (Å²) in [6.07, 6.45) is 12.2. The second-order valence-electron chi connectivity index (χ2n) is 7.31. The van der Waals surface area contributed by atoms with Crippen LogP contribution in [-0.4, -0.2) is 33.2 Å². The zero-order valence-electron chi connectivity index (χ0n) is 14.1. The third kappa shape index (κ3) is 2.92. The van der Waals surface area contributed by atoms with Gasteiger partial charge in [-0.3, -0.25) is 9.59 Å². The van der Waals surface area contributed by atoms with E-state index in [1.54, 1.807) is 10.7 Å². The van der Waals surface area contributed by atoms with Crippen LogP contribution in [-0.2, 0) is 24.2 Å². The molecule has 0 saturated carbocycles. The van der Waals surface area contributed by atoms with Crippen molar-refractivity contribution in [2.75, 3.05) is 6.54 Å². The summed E-state index contributed by atoms with van der Waals surface area (Å²) >= 11 is 0. The van der Waals surface area contributed by atoms with Crippen molar-refractivity contribution in [3.63, 3.8) is 0 Å². The molecule has 1 amide bonds. The first-order chi connectivity index (χ1) is 11.7. The van der Waals surface area contributed by atoms with E-state index < -0.39 is 0 Å². The van der Waals surface area contributed by atoms with E-state index in [1.165, 1.54) is 0 Å². The molecule has 0 spiro atoms. The van der Waals surface area contributed by atoms with Gasteiger partial charge in [-0.05, 0) is 56.9 Å². The van der Waals surface area contributed by atoms with Gasteiger partial charge in [-0.1, -0.05) is 12.2 Å². The van der Waals surface area contributed by atoms with Crippen molar-refractivity contribution >= 4 is 5.91 Å². The monoisotopic (exact) mass is 327 g/mol. The first kappa shape index (κ1) is 15.6. The van der Waals surface area contributed by atoms with Crippen molar-refractivity contribution in [1.82, 2.24) is 14.7 Å². The molecule has 1 saturated heterocycles. The number of likely N-dealkylation sites (tertiary alicyclic amines) is 1. The van der Waals surface area contributed by atoms with E-state index in [-0.39, 0.29) is 23.4 Å². The minimum atomic E-state index is -0.0162. The molecule has 1 aromatic heterocycles. The quantitative estimate of drug-likeness (QED) is 0.799. The molecule has 4 rings (SSSR count). The van der Waals surface area contributed by atoms with Crippen LogP contribution in [0.5, 0.6) is 0 Å². The number of amides is 1. The van der Waals surface area contributed by atoms with Crippen molar-refractivity contribution in [2.45, 2.75) is 64.0 Å². The Morgan fingerprint density at radius 2 is 1.96 bits per heavy atom. The van der Waals surface area contributed by atoms with Crippen LogP contribution in [0.3, 0.4) is 0 Å². The molecule has 1 atom stereocenters. The molecule has 5 heteroatoms. The number of hydrogen-bond donors (Lipinski definition) is 0. The van der Waals surface area contributed by atoms with Gasteiger partial charge < -0.3 is 4.90 Å². The highest BCUT2D eigenvalue weighted by Crippen LogP contribution is 2.26. The van der Waals surface area contributed by atoms with Crippen LogP contribution in [0, 0.1) is 5.92 Å². The first-order valence-corrected chi connectivity index (χ1v) is 9.28. The maximum atomic E-state index is 12.7. The summed E-state index contributed by atoms with van der Waals surface area (Å²) in [5.74, 6) is 0.368. The van der Waals surface area contributed by atoms with E-state index in [4.69, 9.17) is 0 Å². The van der Waals surface area contributed by atoms with Crippen LogP contribution in [0.1, 0.15) is 49.8 Å². The molecule has 1 unspecified atom stereocenters. The Labute approximate surface area is 142 Å². The topological polar surface area (TPSA) is 55.2 Å². The fraction of sp³-hybridized carbons (Fsp3) is 0.632. The highest BCUT2D eigenvalue weighted by Gasteiger charge is 2.33. The number of fused-ring (bicyclic) bond motifs is 1. The number of carbonyl (C=O) groups excluding carboxylic acids is 1. The number of aromatic nitrogens is 2. The highest BCUT2D eigenvalue weighted by molar-refractivity contribution is 5.80. The van der Waals surface area contributed by atoms with Gasteiger partial charge in [0.15, 0.2) is 0 Å². The van der Waals surface area contributed by atoms with Gasteiger partial charge >= 0.3 is 0 Å². The zero-order valence-corrected chi connectivity index (χ0v) is 14.1. The van der Waals surface area contributed by atoms with E-state index in [2.05, 4.69) is 17.3 Å². The molecule has 24 heavy (non-hydrogen) atoms. The number of allylic oxidation sites excluding steroid dienone is 2. The largest absolute Gasteiger partial charge is 0.338 e. The molecular formula is C19H25N3O2. The summed E-state index contributed by atoms with van der Waals surface area (Å²) in [5, 5.41) is 4.62. The van der Waals surface area contributed by atoms with E-state index >= 15 is 0 Å². The first-order valence-electron chi connectivity index (χ1n) is 9.28. The maximum Gasteiger partial charge on any atom is 0.267 e. The Hall–Kier alpha value is -1.91. The van der Waals surface area contributed by atoms with E-state index in [9.17, 15) is 9.59 Å². The smallest absolute Gasteiger partial charge is 0.267 e. The molecule has 0 aromatic carbocycles. The van der Waals surface area contributed by atoms with E-state index in [0.717, 1.165) is 69.2 Å². The van der Waals surface area contributed by atoms with Gasteiger partial charge in [0.05, 0.1) is 18.3 Å². The molecule has 3 aliphatic rings. The van der Waals surface area contributed by atoms with Crippen molar-refractivity contribution in [3.05, 3.63) is 39.8 Å². The van der Waals surface area contributed by atoms with Crippen molar-refractivity contribution < 1.29 is 4.79 Å². The molecule has 1 aromatic rings. The number of rotatable bonds is 3. The van der Waals surface area contributed by atoms with Crippen LogP contribution >= 0.6 is 0 Å². The fourth-order valence-corrected chi connectivity index (χ4v) is 4.30. The second-order valence-corrected chi connectivity index (χ2v) is 7.31. The molecule has 2 heterocycles. The Balaban J connectivity index is 1.51. The predicted octanol–water partition coefficient (Wildman–Crippen LogP) is 2.08. The Morgan fingerprint density at radius 3 is 2.79 bits per heavy atom. The van der Waals surface area contributed by atoms with Crippen molar-refractivity contribution in [2.24, 2.45) is 5.92 Å². The fourth-order valence-electron chi connectivity index (χ4n) is 4.30. The average Bonchev–Trinajstić information content (AvgIpc) is 3.26. The van der Waals surface area contributed by atoms with Crippen LogP contribution in [0.2, 0.25) is 0 Å². The number of nitrogens with zero attached hydrogens (tertiary/aromatic N) is 3. The Kier molecular flexibility index (Phi) is 4.25. The molecular weight excluding hydrogens is 302 g/mol. The minimum absolute atomic E-state index is 0.0162. The van der Waals surface area contributed by atoms with Crippen molar-refractivity contribution in [1.29, 1.82) is 0 Å². The Morgan fingerprint density at radius 1 is 1.17 bits per heavy atom. The number of carbonyl (C=O) groups is 1. The highest BCUT2D eigenvalue weighted by atomic mass is 16.2. The molecule has 0 bridgehead atoms. The molecule has 5 nitrogen and oxygen atoms in total. The van der Waals surface area contributed by atoms with Crippen LogP contribution < -0.4 is 5.56 Å². The van der Waals surface area contributed by atoms with Gasteiger partial charge in [0, 0.05) is 18.5 Å². The average molecular weight is 327 g/mol. The summed E-state index contributed by atoms with van der Waals surface area (Å²) in [6, 6.07) is 1.88. The summed E-state index contributed by atoms with van der Waals surface area (Å²) < 4.78 is 1.60.